The van der Waals surface area contributed by atoms with E-state index in [4.69, 9.17) is 15.2 Å². The molecule has 0 heterocycles. The quantitative estimate of drug-likeness (QED) is 0.809. The van der Waals surface area contributed by atoms with Gasteiger partial charge in [0.2, 0.25) is 0 Å². The molecule has 15 heavy (non-hydrogen) atoms. The highest BCUT2D eigenvalue weighted by Gasteiger charge is 2.11. The molecule has 0 fully saturated rings. The van der Waals surface area contributed by atoms with E-state index < -0.39 is 6.67 Å². The van der Waals surface area contributed by atoms with Gasteiger partial charge in [-0.15, -0.1) is 0 Å². The van der Waals surface area contributed by atoms with E-state index in [9.17, 15) is 4.39 Å². The third-order valence-electron chi connectivity index (χ3n) is 2.18. The molecule has 0 amide bonds. The fraction of sp³-hybridized carbons (Fsp3) is 0.455. The molecule has 0 saturated heterocycles. The lowest BCUT2D eigenvalue weighted by molar-refractivity contribution is 0.350. The Morgan fingerprint density at radius 2 is 2.00 bits per heavy atom. The molecule has 0 aliphatic rings. The van der Waals surface area contributed by atoms with Crippen LogP contribution in [0.1, 0.15) is 11.1 Å². The Bertz CT molecular complexity index is 329. The number of benzene rings is 1. The van der Waals surface area contributed by atoms with Crippen LogP contribution in [0.15, 0.2) is 12.1 Å². The normalized spacial score (nSPS) is 10.1. The van der Waals surface area contributed by atoms with Gasteiger partial charge in [0.1, 0.15) is 6.67 Å². The zero-order valence-electron chi connectivity index (χ0n) is 9.05. The molecule has 0 aliphatic carbocycles. The first-order chi connectivity index (χ1) is 7.26. The van der Waals surface area contributed by atoms with Crippen LogP contribution in [0.25, 0.3) is 0 Å². The summed E-state index contributed by atoms with van der Waals surface area (Å²) in [5.74, 6) is 1.19. The van der Waals surface area contributed by atoms with E-state index in [1.165, 1.54) is 7.11 Å². The Morgan fingerprint density at radius 1 is 1.27 bits per heavy atom. The van der Waals surface area contributed by atoms with E-state index in [2.05, 4.69) is 0 Å². The van der Waals surface area contributed by atoms with E-state index >= 15 is 0 Å². The Morgan fingerprint density at radius 3 is 2.47 bits per heavy atom. The van der Waals surface area contributed by atoms with Crippen LogP contribution in [0, 0.1) is 0 Å². The number of rotatable bonds is 5. The molecule has 0 unspecified atom stereocenters. The Hall–Kier alpha value is -1.29. The van der Waals surface area contributed by atoms with Crippen molar-refractivity contribution in [1.29, 1.82) is 0 Å². The molecule has 0 aromatic heterocycles. The molecule has 1 aromatic carbocycles. The summed E-state index contributed by atoms with van der Waals surface area (Å²) >= 11 is 0. The Kier molecular flexibility index (Phi) is 4.37. The SMILES string of the molecule is COc1cc(CF)cc(CCN)c1OC. The van der Waals surface area contributed by atoms with Crippen molar-refractivity contribution in [3.05, 3.63) is 23.3 Å². The number of nitrogens with two attached hydrogens (primary N) is 1. The van der Waals surface area contributed by atoms with Crippen molar-refractivity contribution in [2.75, 3.05) is 20.8 Å². The van der Waals surface area contributed by atoms with Gasteiger partial charge in [0.05, 0.1) is 14.2 Å². The molecular formula is C11H16FNO2. The average Bonchev–Trinajstić information content (AvgIpc) is 2.28. The first-order valence-corrected chi connectivity index (χ1v) is 4.76. The molecule has 3 nitrogen and oxygen atoms in total. The predicted molar refractivity (Wildman–Crippen MR) is 57.1 cm³/mol. The minimum atomic E-state index is -0.516. The molecule has 84 valence electrons. The summed E-state index contributed by atoms with van der Waals surface area (Å²) in [4.78, 5) is 0. The van der Waals surface area contributed by atoms with Crippen molar-refractivity contribution >= 4 is 0 Å². The van der Waals surface area contributed by atoms with Crippen LogP contribution in [0.5, 0.6) is 11.5 Å². The second-order valence-corrected chi connectivity index (χ2v) is 3.16. The number of halogens is 1. The molecule has 1 aromatic rings. The van der Waals surface area contributed by atoms with Gasteiger partial charge in [-0.25, -0.2) is 4.39 Å². The van der Waals surface area contributed by atoms with E-state index in [0.29, 0.717) is 30.0 Å². The molecule has 2 N–H and O–H groups in total. The number of alkyl halides is 1. The van der Waals surface area contributed by atoms with Crippen molar-refractivity contribution in [1.82, 2.24) is 0 Å². The van der Waals surface area contributed by atoms with Gasteiger partial charge >= 0.3 is 0 Å². The summed E-state index contributed by atoms with van der Waals surface area (Å²) in [7, 11) is 3.10. The molecule has 0 spiro atoms. The zero-order chi connectivity index (χ0) is 11.3. The van der Waals surface area contributed by atoms with Gasteiger partial charge in [0, 0.05) is 0 Å². The fourth-order valence-electron chi connectivity index (χ4n) is 1.52. The van der Waals surface area contributed by atoms with E-state index in [1.807, 2.05) is 0 Å². The van der Waals surface area contributed by atoms with Gasteiger partial charge in [-0.1, -0.05) is 0 Å². The van der Waals surface area contributed by atoms with Gasteiger partial charge in [-0.3, -0.25) is 0 Å². The number of ether oxygens (including phenoxy) is 2. The molecular weight excluding hydrogens is 197 g/mol. The standard InChI is InChI=1S/C11H16FNO2/c1-14-10-6-8(7-12)5-9(3-4-13)11(10)15-2/h5-6H,3-4,7,13H2,1-2H3. The van der Waals surface area contributed by atoms with E-state index in [0.717, 1.165) is 5.56 Å². The second-order valence-electron chi connectivity index (χ2n) is 3.16. The lowest BCUT2D eigenvalue weighted by Crippen LogP contribution is -2.06. The summed E-state index contributed by atoms with van der Waals surface area (Å²) in [6.07, 6.45) is 0.646. The first kappa shape index (κ1) is 11.8. The van der Waals surface area contributed by atoms with Crippen LogP contribution >= 0.6 is 0 Å². The molecule has 1 rings (SSSR count). The second kappa shape index (κ2) is 5.56. The summed E-state index contributed by atoms with van der Waals surface area (Å²) in [6, 6.07) is 3.40. The highest BCUT2D eigenvalue weighted by Crippen LogP contribution is 2.33. The summed E-state index contributed by atoms with van der Waals surface area (Å²) < 4.78 is 22.9. The number of hydrogen-bond donors (Lipinski definition) is 1. The van der Waals surface area contributed by atoms with Crippen molar-refractivity contribution < 1.29 is 13.9 Å². The topological polar surface area (TPSA) is 44.5 Å². The lowest BCUT2D eigenvalue weighted by atomic mass is 10.1. The van der Waals surface area contributed by atoms with Crippen molar-refractivity contribution in [2.45, 2.75) is 13.1 Å². The predicted octanol–water partition coefficient (Wildman–Crippen LogP) is 1.67. The average molecular weight is 213 g/mol. The van der Waals surface area contributed by atoms with Gasteiger partial charge < -0.3 is 15.2 Å². The monoisotopic (exact) mass is 213 g/mol. The van der Waals surface area contributed by atoms with Crippen molar-refractivity contribution in [3.63, 3.8) is 0 Å². The minimum absolute atomic E-state index is 0.495. The smallest absolute Gasteiger partial charge is 0.163 e. The molecule has 0 radical (unpaired) electrons. The number of methoxy groups -OCH3 is 2. The molecule has 0 aliphatic heterocycles. The third kappa shape index (κ3) is 2.59. The summed E-state index contributed by atoms with van der Waals surface area (Å²) in [5, 5.41) is 0. The van der Waals surface area contributed by atoms with Crippen LogP contribution < -0.4 is 15.2 Å². The maximum Gasteiger partial charge on any atom is 0.163 e. The van der Waals surface area contributed by atoms with Crippen LogP contribution in [-0.4, -0.2) is 20.8 Å². The minimum Gasteiger partial charge on any atom is -0.493 e. The Labute approximate surface area is 89.0 Å². The van der Waals surface area contributed by atoms with Gasteiger partial charge in [-0.05, 0) is 36.2 Å². The van der Waals surface area contributed by atoms with Crippen LogP contribution in [0.4, 0.5) is 4.39 Å². The van der Waals surface area contributed by atoms with Crippen LogP contribution in [-0.2, 0) is 13.1 Å². The maximum atomic E-state index is 12.6. The van der Waals surface area contributed by atoms with Gasteiger partial charge in [0.15, 0.2) is 11.5 Å². The summed E-state index contributed by atoms with van der Waals surface area (Å²) in [6.45, 7) is -0.0207. The van der Waals surface area contributed by atoms with Crippen molar-refractivity contribution in [2.24, 2.45) is 5.73 Å². The maximum absolute atomic E-state index is 12.6. The highest BCUT2D eigenvalue weighted by molar-refractivity contribution is 5.49. The lowest BCUT2D eigenvalue weighted by Gasteiger charge is -2.13. The molecule has 0 saturated carbocycles. The molecule has 0 bridgehead atoms. The van der Waals surface area contributed by atoms with Crippen molar-refractivity contribution in [3.8, 4) is 11.5 Å². The van der Waals surface area contributed by atoms with E-state index in [-0.39, 0.29) is 0 Å². The third-order valence-corrected chi connectivity index (χ3v) is 2.18. The van der Waals surface area contributed by atoms with Crippen LogP contribution in [0.2, 0.25) is 0 Å². The summed E-state index contributed by atoms with van der Waals surface area (Å²) in [5.41, 5.74) is 6.94. The van der Waals surface area contributed by atoms with Gasteiger partial charge in [0.25, 0.3) is 0 Å². The zero-order valence-corrected chi connectivity index (χ0v) is 9.05. The van der Waals surface area contributed by atoms with Crippen LogP contribution in [0.3, 0.4) is 0 Å². The van der Waals surface area contributed by atoms with Gasteiger partial charge in [-0.2, -0.15) is 0 Å². The first-order valence-electron chi connectivity index (χ1n) is 4.76. The highest BCUT2D eigenvalue weighted by atomic mass is 19.1. The largest absolute Gasteiger partial charge is 0.493 e. The van der Waals surface area contributed by atoms with E-state index in [1.54, 1.807) is 19.2 Å². The Balaban J connectivity index is 3.19. The fourth-order valence-corrected chi connectivity index (χ4v) is 1.52. The number of hydrogen-bond acceptors (Lipinski definition) is 3. The molecule has 4 heteroatoms. The molecule has 0 atom stereocenters.